The first-order valence-electron chi connectivity index (χ1n) is 11.8. The van der Waals surface area contributed by atoms with Crippen molar-refractivity contribution < 1.29 is 22.5 Å². The number of amides is 1. The Balaban J connectivity index is 1.30. The lowest BCUT2D eigenvalue weighted by Gasteiger charge is -2.30. The predicted octanol–water partition coefficient (Wildman–Crippen LogP) is 4.47. The molecule has 9 heteroatoms. The number of benzene rings is 2. The molecule has 1 aliphatic rings. The maximum Gasteiger partial charge on any atom is 0.243 e. The zero-order valence-corrected chi connectivity index (χ0v) is 21.1. The monoisotopic (exact) mass is 497 g/mol. The lowest BCUT2D eigenvalue weighted by molar-refractivity contribution is -0.115. The average molecular weight is 498 g/mol. The Labute approximate surface area is 206 Å². The van der Waals surface area contributed by atoms with Gasteiger partial charge in [0.1, 0.15) is 18.1 Å². The second-order valence-corrected chi connectivity index (χ2v) is 11.0. The summed E-state index contributed by atoms with van der Waals surface area (Å²) in [4.78, 5) is 12.7. The summed E-state index contributed by atoms with van der Waals surface area (Å²) in [6, 6.07) is 13.7. The van der Waals surface area contributed by atoms with Gasteiger partial charge in [-0.05, 0) is 74.6 Å². The van der Waals surface area contributed by atoms with Crippen molar-refractivity contribution in [1.29, 1.82) is 0 Å². The molecule has 1 fully saturated rings. The van der Waals surface area contributed by atoms with Crippen LogP contribution in [0, 0.1) is 19.8 Å². The molecule has 0 radical (unpaired) electrons. The van der Waals surface area contributed by atoms with Crippen molar-refractivity contribution in [3.63, 3.8) is 0 Å². The number of anilines is 1. The van der Waals surface area contributed by atoms with Crippen molar-refractivity contribution in [2.24, 2.45) is 5.92 Å². The van der Waals surface area contributed by atoms with Gasteiger partial charge in [-0.1, -0.05) is 24.2 Å². The summed E-state index contributed by atoms with van der Waals surface area (Å²) < 4.78 is 38.3. The highest BCUT2D eigenvalue weighted by atomic mass is 32.2. The van der Waals surface area contributed by atoms with Gasteiger partial charge in [-0.3, -0.25) is 4.79 Å². The molecule has 1 N–H and O–H groups in total. The van der Waals surface area contributed by atoms with Gasteiger partial charge in [0.2, 0.25) is 15.9 Å². The minimum absolute atomic E-state index is 0.185. The van der Waals surface area contributed by atoms with E-state index in [-0.39, 0.29) is 17.2 Å². The Morgan fingerprint density at radius 1 is 1.14 bits per heavy atom. The first kappa shape index (κ1) is 24.9. The highest BCUT2D eigenvalue weighted by molar-refractivity contribution is 7.89. The number of carbonyl (C=O) groups excluding carboxylic acids is 1. The Bertz CT molecular complexity index is 1250. The van der Waals surface area contributed by atoms with E-state index in [1.165, 1.54) is 0 Å². The fourth-order valence-electron chi connectivity index (χ4n) is 4.18. The van der Waals surface area contributed by atoms with E-state index in [0.717, 1.165) is 35.4 Å². The van der Waals surface area contributed by atoms with Crippen LogP contribution in [0.2, 0.25) is 0 Å². The topological polar surface area (TPSA) is 102 Å². The van der Waals surface area contributed by atoms with Gasteiger partial charge < -0.3 is 14.6 Å². The number of carbonyl (C=O) groups is 1. The summed E-state index contributed by atoms with van der Waals surface area (Å²) in [6.07, 6.45) is 2.12. The largest absolute Gasteiger partial charge is 0.489 e. The van der Waals surface area contributed by atoms with E-state index in [4.69, 9.17) is 9.26 Å². The zero-order chi connectivity index (χ0) is 25.0. The van der Waals surface area contributed by atoms with Crippen molar-refractivity contribution in [2.45, 2.75) is 51.5 Å². The lowest BCUT2D eigenvalue weighted by Crippen LogP contribution is -2.39. The number of aromatic nitrogens is 1. The third-order valence-corrected chi connectivity index (χ3v) is 8.13. The van der Waals surface area contributed by atoms with Crippen LogP contribution < -0.4 is 10.1 Å². The van der Waals surface area contributed by atoms with Crippen LogP contribution in [0.4, 0.5) is 5.69 Å². The molecule has 0 saturated carbocycles. The number of rotatable bonds is 8. The second kappa shape index (κ2) is 10.6. The maximum absolute atomic E-state index is 12.9. The minimum atomic E-state index is -3.52. The SMILES string of the molecule is Cc1noc(C)c1COc1ccc(CC(=O)Nc2ccc(S(=O)(=O)N3CCC[C@@H](C)C3)cc2)cc1. The Morgan fingerprint density at radius 2 is 1.86 bits per heavy atom. The van der Waals surface area contributed by atoms with E-state index in [0.29, 0.717) is 37.1 Å². The van der Waals surface area contributed by atoms with Gasteiger partial charge in [-0.2, -0.15) is 4.31 Å². The summed E-state index contributed by atoms with van der Waals surface area (Å²) in [7, 11) is -3.52. The van der Waals surface area contributed by atoms with Crippen LogP contribution in [0.5, 0.6) is 5.75 Å². The van der Waals surface area contributed by atoms with Gasteiger partial charge in [-0.25, -0.2) is 8.42 Å². The summed E-state index contributed by atoms with van der Waals surface area (Å²) in [5.41, 5.74) is 3.13. The number of hydrogen-bond acceptors (Lipinski definition) is 6. The molecule has 0 aliphatic carbocycles. The highest BCUT2D eigenvalue weighted by Crippen LogP contribution is 2.24. The molecule has 3 aromatic rings. The molecule has 8 nitrogen and oxygen atoms in total. The molecule has 2 aromatic carbocycles. The van der Waals surface area contributed by atoms with Crippen LogP contribution in [-0.4, -0.2) is 36.9 Å². The Hall–Kier alpha value is -3.17. The molecule has 1 aromatic heterocycles. The summed E-state index contributed by atoms with van der Waals surface area (Å²) in [6.45, 7) is 7.25. The van der Waals surface area contributed by atoms with Crippen molar-refractivity contribution in [3.05, 3.63) is 71.1 Å². The van der Waals surface area contributed by atoms with E-state index < -0.39 is 10.0 Å². The van der Waals surface area contributed by atoms with Crippen molar-refractivity contribution in [2.75, 3.05) is 18.4 Å². The molecular formula is C26H31N3O5S. The maximum atomic E-state index is 12.9. The molecule has 2 heterocycles. The zero-order valence-electron chi connectivity index (χ0n) is 20.3. The molecule has 1 amide bonds. The lowest BCUT2D eigenvalue weighted by atomic mass is 10.0. The smallest absolute Gasteiger partial charge is 0.243 e. The molecule has 35 heavy (non-hydrogen) atoms. The minimum Gasteiger partial charge on any atom is -0.489 e. The molecule has 0 bridgehead atoms. The highest BCUT2D eigenvalue weighted by Gasteiger charge is 2.28. The van der Waals surface area contributed by atoms with Crippen LogP contribution in [-0.2, 0) is 27.8 Å². The molecule has 1 saturated heterocycles. The van der Waals surface area contributed by atoms with Crippen LogP contribution in [0.3, 0.4) is 0 Å². The molecule has 4 rings (SSSR count). The quantitative estimate of drug-likeness (QED) is 0.493. The Kier molecular flexibility index (Phi) is 7.57. The predicted molar refractivity (Wildman–Crippen MR) is 133 cm³/mol. The van der Waals surface area contributed by atoms with Crippen LogP contribution in [0.25, 0.3) is 0 Å². The van der Waals surface area contributed by atoms with Crippen LogP contribution >= 0.6 is 0 Å². The summed E-state index contributed by atoms with van der Waals surface area (Å²) in [5, 5.41) is 6.75. The summed E-state index contributed by atoms with van der Waals surface area (Å²) in [5.74, 6) is 1.60. The van der Waals surface area contributed by atoms with E-state index in [9.17, 15) is 13.2 Å². The Morgan fingerprint density at radius 3 is 2.49 bits per heavy atom. The number of hydrogen-bond donors (Lipinski definition) is 1. The first-order chi connectivity index (χ1) is 16.7. The van der Waals surface area contributed by atoms with Gasteiger partial charge in [0, 0.05) is 18.8 Å². The number of nitrogens with one attached hydrogen (secondary N) is 1. The van der Waals surface area contributed by atoms with Crippen molar-refractivity contribution in [1.82, 2.24) is 9.46 Å². The molecule has 0 spiro atoms. The van der Waals surface area contributed by atoms with Crippen LogP contribution in [0.1, 0.15) is 42.3 Å². The van der Waals surface area contributed by atoms with Crippen molar-refractivity contribution >= 4 is 21.6 Å². The summed E-state index contributed by atoms with van der Waals surface area (Å²) >= 11 is 0. The van der Waals surface area contributed by atoms with Crippen molar-refractivity contribution in [3.8, 4) is 5.75 Å². The number of piperidine rings is 1. The molecule has 186 valence electrons. The normalized spacial score (nSPS) is 16.7. The van der Waals surface area contributed by atoms with Gasteiger partial charge in [0.15, 0.2) is 0 Å². The van der Waals surface area contributed by atoms with E-state index in [1.807, 2.05) is 38.1 Å². The number of nitrogens with zero attached hydrogens (tertiary/aromatic N) is 2. The van der Waals surface area contributed by atoms with Crippen LogP contribution in [0.15, 0.2) is 57.9 Å². The van der Waals surface area contributed by atoms with E-state index in [2.05, 4.69) is 17.4 Å². The fraction of sp³-hybridized carbons (Fsp3) is 0.385. The third kappa shape index (κ3) is 6.10. The van der Waals surface area contributed by atoms with E-state index >= 15 is 0 Å². The first-order valence-corrected chi connectivity index (χ1v) is 13.2. The molecule has 1 atom stereocenters. The standard InChI is InChI=1S/C26H31N3O5S/c1-18-5-4-14-29(16-18)35(31,32)24-12-8-22(9-13-24)27-26(30)15-21-6-10-23(11-7-21)33-17-25-19(2)28-34-20(25)3/h6-13,18H,4-5,14-17H2,1-3H3,(H,27,30)/t18-/m1/s1. The molecular weight excluding hydrogens is 466 g/mol. The van der Waals surface area contributed by atoms with Gasteiger partial charge in [0.05, 0.1) is 22.6 Å². The van der Waals surface area contributed by atoms with Gasteiger partial charge >= 0.3 is 0 Å². The average Bonchev–Trinajstić information content (AvgIpc) is 3.16. The van der Waals surface area contributed by atoms with Gasteiger partial charge in [-0.15, -0.1) is 0 Å². The number of sulfonamides is 1. The van der Waals surface area contributed by atoms with E-state index in [1.54, 1.807) is 28.6 Å². The number of aryl methyl sites for hydroxylation is 2. The molecule has 0 unspecified atom stereocenters. The fourth-order valence-corrected chi connectivity index (χ4v) is 5.78. The van der Waals surface area contributed by atoms with Gasteiger partial charge in [0.25, 0.3) is 0 Å². The number of ether oxygens (including phenoxy) is 1. The second-order valence-electron chi connectivity index (χ2n) is 9.10. The molecule has 1 aliphatic heterocycles. The third-order valence-electron chi connectivity index (χ3n) is 6.25.